The quantitative estimate of drug-likeness (QED) is 0.534. The van der Waals surface area contributed by atoms with Gasteiger partial charge in [-0.1, -0.05) is 42.5 Å². The summed E-state index contributed by atoms with van der Waals surface area (Å²) in [5, 5.41) is 3.15. The van der Waals surface area contributed by atoms with Crippen LogP contribution in [0.4, 0.5) is 0 Å². The average molecular weight is 469 g/mol. The molecule has 0 unspecified atom stereocenters. The number of sulfonamides is 1. The SMILES string of the molecule is COc1ccc(S(=O)(=O)N(CC(=O)NCCC2=CCCCC2)C2CCCCC2)cc1Cl. The number of allylic oxidation sites excluding steroid dienone is 1. The molecule has 3 rings (SSSR count). The second-order valence-corrected chi connectivity index (χ2v) is 10.6. The van der Waals surface area contributed by atoms with Gasteiger partial charge in [-0.2, -0.15) is 4.31 Å². The van der Waals surface area contributed by atoms with Gasteiger partial charge in [0.2, 0.25) is 15.9 Å². The normalized spacial score (nSPS) is 18.0. The molecule has 8 heteroatoms. The molecule has 0 atom stereocenters. The molecule has 0 aliphatic heterocycles. The van der Waals surface area contributed by atoms with E-state index in [1.165, 1.54) is 42.0 Å². The lowest BCUT2D eigenvalue weighted by molar-refractivity contribution is -0.121. The number of hydrogen-bond donors (Lipinski definition) is 1. The smallest absolute Gasteiger partial charge is 0.243 e. The summed E-state index contributed by atoms with van der Waals surface area (Å²) >= 11 is 6.18. The summed E-state index contributed by atoms with van der Waals surface area (Å²) in [7, 11) is -2.38. The number of halogens is 1. The second kappa shape index (κ2) is 11.3. The van der Waals surface area contributed by atoms with Gasteiger partial charge < -0.3 is 10.1 Å². The summed E-state index contributed by atoms with van der Waals surface area (Å²) in [5.74, 6) is 0.157. The minimum absolute atomic E-state index is 0.0871. The molecule has 1 aromatic rings. The van der Waals surface area contributed by atoms with Crippen LogP contribution >= 0.6 is 11.6 Å². The van der Waals surface area contributed by atoms with Crippen molar-refractivity contribution in [3.63, 3.8) is 0 Å². The number of nitrogens with one attached hydrogen (secondary N) is 1. The molecule has 0 saturated heterocycles. The fourth-order valence-corrected chi connectivity index (χ4v) is 6.40. The van der Waals surface area contributed by atoms with E-state index >= 15 is 0 Å². The lowest BCUT2D eigenvalue weighted by atomic mass is 9.95. The number of ether oxygens (including phenoxy) is 1. The zero-order valence-corrected chi connectivity index (χ0v) is 19.8. The molecule has 2 aliphatic rings. The molecule has 0 radical (unpaired) electrons. The van der Waals surface area contributed by atoms with Crippen molar-refractivity contribution < 1.29 is 17.9 Å². The van der Waals surface area contributed by atoms with Crippen LogP contribution in [0.5, 0.6) is 5.75 Å². The number of benzene rings is 1. The van der Waals surface area contributed by atoms with E-state index in [4.69, 9.17) is 16.3 Å². The fraction of sp³-hybridized carbons (Fsp3) is 0.609. The molecule has 31 heavy (non-hydrogen) atoms. The Kier molecular flexibility index (Phi) is 8.81. The first kappa shape index (κ1) is 24.1. The summed E-state index contributed by atoms with van der Waals surface area (Å²) in [4.78, 5) is 12.8. The Morgan fingerprint density at radius 3 is 2.61 bits per heavy atom. The van der Waals surface area contributed by atoms with E-state index in [0.29, 0.717) is 12.3 Å². The first-order valence-electron chi connectivity index (χ1n) is 11.2. The lowest BCUT2D eigenvalue weighted by Gasteiger charge is -2.33. The third kappa shape index (κ3) is 6.46. The van der Waals surface area contributed by atoms with Gasteiger partial charge in [0.15, 0.2) is 0 Å². The van der Waals surface area contributed by atoms with E-state index in [9.17, 15) is 13.2 Å². The molecule has 1 amide bonds. The van der Waals surface area contributed by atoms with Gasteiger partial charge in [0, 0.05) is 12.6 Å². The van der Waals surface area contributed by atoms with Crippen molar-refractivity contribution >= 4 is 27.5 Å². The molecular weight excluding hydrogens is 436 g/mol. The summed E-state index contributed by atoms with van der Waals surface area (Å²) in [6.45, 7) is 0.368. The minimum atomic E-state index is -3.87. The van der Waals surface area contributed by atoms with Crippen LogP contribution in [0.25, 0.3) is 0 Å². The third-order valence-electron chi connectivity index (χ3n) is 6.16. The Labute approximate surface area is 191 Å². The van der Waals surface area contributed by atoms with Crippen molar-refractivity contribution in [1.29, 1.82) is 0 Å². The van der Waals surface area contributed by atoms with E-state index in [0.717, 1.165) is 51.4 Å². The van der Waals surface area contributed by atoms with Crippen LogP contribution in [0.3, 0.4) is 0 Å². The van der Waals surface area contributed by atoms with Crippen LogP contribution < -0.4 is 10.1 Å². The molecule has 1 aromatic carbocycles. The van der Waals surface area contributed by atoms with Gasteiger partial charge in [0.25, 0.3) is 0 Å². The predicted octanol–water partition coefficient (Wildman–Crippen LogP) is 4.68. The van der Waals surface area contributed by atoms with Crippen molar-refractivity contribution in [2.45, 2.75) is 75.1 Å². The Morgan fingerprint density at radius 1 is 1.19 bits per heavy atom. The molecule has 0 bridgehead atoms. The second-order valence-electron chi connectivity index (χ2n) is 8.35. The zero-order chi connectivity index (χ0) is 22.3. The van der Waals surface area contributed by atoms with Crippen molar-refractivity contribution in [3.8, 4) is 5.75 Å². The molecule has 0 aromatic heterocycles. The highest BCUT2D eigenvalue weighted by Crippen LogP contribution is 2.31. The standard InChI is InChI=1S/C23H33ClN2O4S/c1-30-22-13-12-20(16-21(22)24)31(28,29)26(19-10-6-3-7-11-19)17-23(27)25-15-14-18-8-4-2-5-9-18/h8,12-13,16,19H,2-7,9-11,14-15,17H2,1H3,(H,25,27). The van der Waals surface area contributed by atoms with Crippen molar-refractivity contribution in [1.82, 2.24) is 9.62 Å². The molecule has 0 heterocycles. The molecule has 2 aliphatic carbocycles. The molecular formula is C23H33ClN2O4S. The van der Waals surface area contributed by atoms with Gasteiger partial charge in [-0.15, -0.1) is 0 Å². The number of hydrogen-bond acceptors (Lipinski definition) is 4. The topological polar surface area (TPSA) is 75.7 Å². The highest BCUT2D eigenvalue weighted by molar-refractivity contribution is 7.89. The van der Waals surface area contributed by atoms with Crippen LogP contribution in [-0.4, -0.2) is 44.9 Å². The monoisotopic (exact) mass is 468 g/mol. The maximum Gasteiger partial charge on any atom is 0.243 e. The lowest BCUT2D eigenvalue weighted by Crippen LogP contribution is -2.47. The summed E-state index contributed by atoms with van der Waals surface area (Å²) in [5.41, 5.74) is 1.39. The number of methoxy groups -OCH3 is 1. The number of amides is 1. The first-order chi connectivity index (χ1) is 14.9. The zero-order valence-electron chi connectivity index (χ0n) is 18.2. The predicted molar refractivity (Wildman–Crippen MR) is 123 cm³/mol. The van der Waals surface area contributed by atoms with E-state index in [-0.39, 0.29) is 28.4 Å². The van der Waals surface area contributed by atoms with E-state index in [2.05, 4.69) is 11.4 Å². The number of carbonyl (C=O) groups is 1. The molecule has 0 spiro atoms. The third-order valence-corrected chi connectivity index (χ3v) is 8.35. The van der Waals surface area contributed by atoms with Crippen LogP contribution in [-0.2, 0) is 14.8 Å². The van der Waals surface area contributed by atoms with E-state index < -0.39 is 10.0 Å². The molecule has 172 valence electrons. The van der Waals surface area contributed by atoms with Gasteiger partial charge in [0.05, 0.1) is 23.6 Å². The van der Waals surface area contributed by atoms with Crippen LogP contribution in [0.2, 0.25) is 5.02 Å². The van der Waals surface area contributed by atoms with E-state index in [1.54, 1.807) is 6.07 Å². The van der Waals surface area contributed by atoms with Gasteiger partial charge in [-0.25, -0.2) is 8.42 Å². The molecule has 1 N–H and O–H groups in total. The maximum atomic E-state index is 13.5. The first-order valence-corrected chi connectivity index (χ1v) is 13.0. The van der Waals surface area contributed by atoms with Gasteiger partial charge in [-0.05, 0) is 63.1 Å². The fourth-order valence-electron chi connectivity index (χ4n) is 4.41. The van der Waals surface area contributed by atoms with Crippen molar-refractivity contribution in [2.24, 2.45) is 0 Å². The Morgan fingerprint density at radius 2 is 1.97 bits per heavy atom. The molecule has 6 nitrogen and oxygen atoms in total. The Balaban J connectivity index is 1.72. The van der Waals surface area contributed by atoms with Crippen LogP contribution in [0.15, 0.2) is 34.7 Å². The summed E-state index contributed by atoms with van der Waals surface area (Å²) in [6, 6.07) is 4.26. The highest BCUT2D eigenvalue weighted by Gasteiger charge is 2.34. The van der Waals surface area contributed by atoms with Gasteiger partial charge >= 0.3 is 0 Å². The number of carbonyl (C=O) groups excluding carboxylic acids is 1. The average Bonchev–Trinajstić information content (AvgIpc) is 2.78. The number of nitrogens with zero attached hydrogens (tertiary/aromatic N) is 1. The highest BCUT2D eigenvalue weighted by atomic mass is 35.5. The molecule has 1 saturated carbocycles. The van der Waals surface area contributed by atoms with E-state index in [1.807, 2.05) is 0 Å². The Bertz CT molecular complexity index is 895. The van der Waals surface area contributed by atoms with Gasteiger partial charge in [-0.3, -0.25) is 4.79 Å². The Hall–Kier alpha value is -1.57. The van der Waals surface area contributed by atoms with Crippen molar-refractivity contribution in [3.05, 3.63) is 34.9 Å². The largest absolute Gasteiger partial charge is 0.495 e. The molecule has 1 fully saturated rings. The van der Waals surface area contributed by atoms with Gasteiger partial charge in [0.1, 0.15) is 5.75 Å². The minimum Gasteiger partial charge on any atom is -0.495 e. The summed E-state index contributed by atoms with van der Waals surface area (Å²) < 4.78 is 33.5. The summed E-state index contributed by atoms with van der Waals surface area (Å²) in [6.07, 6.45) is 12.3. The maximum absolute atomic E-state index is 13.5. The number of rotatable bonds is 9. The van der Waals surface area contributed by atoms with Crippen molar-refractivity contribution in [2.75, 3.05) is 20.2 Å². The van der Waals surface area contributed by atoms with Crippen LogP contribution in [0.1, 0.15) is 64.2 Å². The van der Waals surface area contributed by atoms with Crippen LogP contribution in [0, 0.1) is 0 Å².